The van der Waals surface area contributed by atoms with Gasteiger partial charge in [0.1, 0.15) is 5.52 Å². The number of fused-ring (bicyclic) bond motifs is 2. The second kappa shape index (κ2) is 4.06. The first kappa shape index (κ1) is 11.0. The van der Waals surface area contributed by atoms with Crippen molar-refractivity contribution in [3.8, 4) is 11.5 Å². The SMILES string of the molecule is Nc1ccc2nc(Nc3ccc4c(c3)OCO4)oc2c1. The van der Waals surface area contributed by atoms with Gasteiger partial charge in [-0.2, -0.15) is 4.98 Å². The molecular formula is C14H11N3O3. The zero-order valence-electron chi connectivity index (χ0n) is 10.4. The van der Waals surface area contributed by atoms with Gasteiger partial charge in [-0.3, -0.25) is 0 Å². The number of nitrogens with one attached hydrogen (secondary N) is 1. The molecule has 0 radical (unpaired) electrons. The maximum absolute atomic E-state index is 5.71. The molecule has 0 saturated heterocycles. The molecule has 100 valence electrons. The molecule has 6 heteroatoms. The van der Waals surface area contributed by atoms with Crippen LogP contribution in [0, 0.1) is 0 Å². The van der Waals surface area contributed by atoms with E-state index in [4.69, 9.17) is 19.6 Å². The number of nitrogens with zero attached hydrogens (tertiary/aromatic N) is 1. The Labute approximate surface area is 114 Å². The Kier molecular flexibility index (Phi) is 2.23. The van der Waals surface area contributed by atoms with Crippen LogP contribution in [-0.2, 0) is 0 Å². The maximum Gasteiger partial charge on any atom is 0.300 e. The second-order valence-corrected chi connectivity index (χ2v) is 4.44. The van der Waals surface area contributed by atoms with Gasteiger partial charge in [-0.25, -0.2) is 0 Å². The Morgan fingerprint density at radius 3 is 2.90 bits per heavy atom. The van der Waals surface area contributed by atoms with Crippen LogP contribution in [0.1, 0.15) is 0 Å². The van der Waals surface area contributed by atoms with Crippen LogP contribution in [0.5, 0.6) is 11.5 Å². The highest BCUT2D eigenvalue weighted by Gasteiger charge is 2.14. The highest BCUT2D eigenvalue weighted by atomic mass is 16.7. The third kappa shape index (κ3) is 1.78. The summed E-state index contributed by atoms with van der Waals surface area (Å²) in [6, 6.07) is 11.3. The van der Waals surface area contributed by atoms with Gasteiger partial charge in [0.2, 0.25) is 6.79 Å². The van der Waals surface area contributed by atoms with Gasteiger partial charge in [-0.1, -0.05) is 0 Å². The number of aromatic nitrogens is 1. The summed E-state index contributed by atoms with van der Waals surface area (Å²) in [7, 11) is 0. The summed E-state index contributed by atoms with van der Waals surface area (Å²) in [5.41, 5.74) is 8.56. The topological polar surface area (TPSA) is 82.5 Å². The van der Waals surface area contributed by atoms with Gasteiger partial charge in [-0.15, -0.1) is 0 Å². The molecule has 20 heavy (non-hydrogen) atoms. The van der Waals surface area contributed by atoms with Gasteiger partial charge in [-0.05, 0) is 24.3 Å². The predicted molar refractivity (Wildman–Crippen MR) is 74.3 cm³/mol. The number of nitrogens with two attached hydrogens (primary N) is 1. The molecule has 0 unspecified atom stereocenters. The number of ether oxygens (including phenoxy) is 2. The van der Waals surface area contributed by atoms with Crippen molar-refractivity contribution in [1.82, 2.24) is 4.98 Å². The molecule has 1 aliphatic rings. The molecule has 2 aromatic carbocycles. The number of benzene rings is 2. The maximum atomic E-state index is 5.71. The summed E-state index contributed by atoms with van der Waals surface area (Å²) < 4.78 is 16.2. The van der Waals surface area contributed by atoms with Crippen LogP contribution in [0.2, 0.25) is 0 Å². The van der Waals surface area contributed by atoms with Crippen LogP contribution in [0.4, 0.5) is 17.4 Å². The Balaban J connectivity index is 1.66. The van der Waals surface area contributed by atoms with E-state index in [1.807, 2.05) is 24.3 Å². The van der Waals surface area contributed by atoms with Crippen LogP contribution in [0.3, 0.4) is 0 Å². The standard InChI is InChI=1S/C14H11N3O3/c15-8-1-3-10-12(5-8)20-14(17-10)16-9-2-4-11-13(6-9)19-7-18-11/h1-6H,7,15H2,(H,16,17). The van der Waals surface area contributed by atoms with Crippen LogP contribution in [0.15, 0.2) is 40.8 Å². The predicted octanol–water partition coefficient (Wildman–Crippen LogP) is 2.88. The molecule has 0 spiro atoms. The van der Waals surface area contributed by atoms with E-state index >= 15 is 0 Å². The Hall–Kier alpha value is -2.89. The average molecular weight is 269 g/mol. The highest BCUT2D eigenvalue weighted by Crippen LogP contribution is 2.35. The lowest BCUT2D eigenvalue weighted by molar-refractivity contribution is 0.174. The minimum absolute atomic E-state index is 0.251. The van der Waals surface area contributed by atoms with Crippen molar-refractivity contribution in [1.29, 1.82) is 0 Å². The summed E-state index contributed by atoms with van der Waals surface area (Å²) in [6.07, 6.45) is 0. The summed E-state index contributed by atoms with van der Waals surface area (Å²) >= 11 is 0. The summed E-state index contributed by atoms with van der Waals surface area (Å²) in [4.78, 5) is 4.34. The number of nitrogen functional groups attached to an aromatic ring is 1. The Morgan fingerprint density at radius 2 is 1.95 bits per heavy atom. The minimum atomic E-state index is 0.251. The molecular weight excluding hydrogens is 258 g/mol. The number of rotatable bonds is 2. The Morgan fingerprint density at radius 1 is 1.05 bits per heavy atom. The van der Waals surface area contributed by atoms with Crippen molar-refractivity contribution in [3.63, 3.8) is 0 Å². The van der Waals surface area contributed by atoms with Crippen molar-refractivity contribution in [2.45, 2.75) is 0 Å². The van der Waals surface area contributed by atoms with Crippen LogP contribution in [-0.4, -0.2) is 11.8 Å². The second-order valence-electron chi connectivity index (χ2n) is 4.44. The van der Waals surface area contributed by atoms with E-state index in [9.17, 15) is 0 Å². The molecule has 0 aliphatic carbocycles. The van der Waals surface area contributed by atoms with Gasteiger partial charge in [0.25, 0.3) is 6.01 Å². The monoisotopic (exact) mass is 269 g/mol. The van der Waals surface area contributed by atoms with Crippen molar-refractivity contribution >= 4 is 28.5 Å². The largest absolute Gasteiger partial charge is 0.454 e. The van der Waals surface area contributed by atoms with E-state index in [0.717, 1.165) is 17.0 Å². The molecule has 0 amide bonds. The number of hydrogen-bond acceptors (Lipinski definition) is 6. The van der Waals surface area contributed by atoms with E-state index in [0.29, 0.717) is 23.0 Å². The molecule has 0 atom stereocenters. The van der Waals surface area contributed by atoms with E-state index in [1.165, 1.54) is 0 Å². The molecule has 0 saturated carbocycles. The van der Waals surface area contributed by atoms with E-state index < -0.39 is 0 Å². The third-order valence-electron chi connectivity index (χ3n) is 3.04. The lowest BCUT2D eigenvalue weighted by Crippen LogP contribution is -1.93. The van der Waals surface area contributed by atoms with E-state index in [2.05, 4.69) is 10.3 Å². The summed E-state index contributed by atoms with van der Waals surface area (Å²) in [6.45, 7) is 0.251. The van der Waals surface area contributed by atoms with Gasteiger partial charge < -0.3 is 24.9 Å². The lowest BCUT2D eigenvalue weighted by Gasteiger charge is -2.02. The third-order valence-corrected chi connectivity index (χ3v) is 3.04. The van der Waals surface area contributed by atoms with Crippen LogP contribution in [0.25, 0.3) is 11.1 Å². The fourth-order valence-electron chi connectivity index (χ4n) is 2.09. The van der Waals surface area contributed by atoms with Gasteiger partial charge in [0, 0.05) is 23.5 Å². The zero-order valence-corrected chi connectivity index (χ0v) is 10.4. The highest BCUT2D eigenvalue weighted by molar-refractivity contribution is 5.78. The first-order chi connectivity index (χ1) is 9.78. The minimum Gasteiger partial charge on any atom is -0.454 e. The fraction of sp³-hybridized carbons (Fsp3) is 0.0714. The summed E-state index contributed by atoms with van der Waals surface area (Å²) in [5.74, 6) is 1.44. The van der Waals surface area contributed by atoms with Gasteiger partial charge >= 0.3 is 0 Å². The summed E-state index contributed by atoms with van der Waals surface area (Å²) in [5, 5.41) is 3.09. The smallest absolute Gasteiger partial charge is 0.300 e. The molecule has 1 aliphatic heterocycles. The molecule has 0 fully saturated rings. The Bertz CT molecular complexity index is 797. The molecule has 1 aromatic heterocycles. The first-order valence-electron chi connectivity index (χ1n) is 6.11. The van der Waals surface area contributed by atoms with E-state index in [-0.39, 0.29) is 6.79 Å². The van der Waals surface area contributed by atoms with Crippen LogP contribution >= 0.6 is 0 Å². The number of hydrogen-bond donors (Lipinski definition) is 2. The number of anilines is 3. The fourth-order valence-corrected chi connectivity index (χ4v) is 2.09. The quantitative estimate of drug-likeness (QED) is 0.696. The molecule has 3 aromatic rings. The molecule has 6 nitrogen and oxygen atoms in total. The van der Waals surface area contributed by atoms with Crippen molar-refractivity contribution in [2.24, 2.45) is 0 Å². The van der Waals surface area contributed by atoms with Crippen molar-refractivity contribution in [3.05, 3.63) is 36.4 Å². The van der Waals surface area contributed by atoms with E-state index in [1.54, 1.807) is 12.1 Å². The molecule has 4 rings (SSSR count). The van der Waals surface area contributed by atoms with Gasteiger partial charge in [0.15, 0.2) is 17.1 Å². The normalized spacial score (nSPS) is 12.8. The molecule has 0 bridgehead atoms. The number of oxazole rings is 1. The van der Waals surface area contributed by atoms with Crippen LogP contribution < -0.4 is 20.5 Å². The molecule has 2 heterocycles. The molecule has 3 N–H and O–H groups in total. The first-order valence-corrected chi connectivity index (χ1v) is 6.11. The zero-order chi connectivity index (χ0) is 13.5. The van der Waals surface area contributed by atoms with Crippen molar-refractivity contribution in [2.75, 3.05) is 17.8 Å². The lowest BCUT2D eigenvalue weighted by atomic mass is 10.3. The average Bonchev–Trinajstić information content (AvgIpc) is 3.03. The van der Waals surface area contributed by atoms with Crippen molar-refractivity contribution < 1.29 is 13.9 Å². The van der Waals surface area contributed by atoms with Gasteiger partial charge in [0.05, 0.1) is 0 Å².